The van der Waals surface area contributed by atoms with E-state index in [9.17, 15) is 20.4 Å². The lowest BCUT2D eigenvalue weighted by Gasteiger charge is -2.41. The topological polar surface area (TPSA) is 393 Å². The van der Waals surface area contributed by atoms with E-state index in [0.29, 0.717) is 67.2 Å². The number of nitrogens with one attached hydrogen (secondary N) is 4. The smallest absolute Gasteiger partial charge is 0.161 e. The average Bonchev–Trinajstić information content (AvgIpc) is 0.912. The number of aryl methyl sites for hydroxylation is 8. The lowest BCUT2D eigenvalue weighted by atomic mass is 9.98. The Kier molecular flexibility index (Phi) is 23.8. The predicted molar refractivity (Wildman–Crippen MR) is 471 cm³/mol. The summed E-state index contributed by atoms with van der Waals surface area (Å²) in [5.41, 5.74) is 17.6. The second kappa shape index (κ2) is 35.9. The first-order valence-electron chi connectivity index (χ1n) is 40.9. The third-order valence-corrected chi connectivity index (χ3v) is 22.3. The van der Waals surface area contributed by atoms with Crippen molar-refractivity contribution >= 4 is 23.3 Å². The van der Waals surface area contributed by atoms with Crippen LogP contribution in [0.15, 0.2) is 221 Å². The molecule has 2 aliphatic heterocycles. The number of hydrogen-bond acceptors (Lipinski definition) is 26. The van der Waals surface area contributed by atoms with E-state index in [-0.39, 0.29) is 37.5 Å². The maximum Gasteiger partial charge on any atom is 0.161 e. The Morgan fingerprint density at radius 3 is 0.887 bits per heavy atom. The van der Waals surface area contributed by atoms with Gasteiger partial charge in [0.1, 0.15) is 34.3 Å². The quantitative estimate of drug-likeness (QED) is 0.0312. The van der Waals surface area contributed by atoms with Crippen LogP contribution in [0.3, 0.4) is 0 Å². The summed E-state index contributed by atoms with van der Waals surface area (Å²) in [5.74, 6) is 5.11. The predicted octanol–water partition coefficient (Wildman–Crippen LogP) is 10.8. The van der Waals surface area contributed by atoms with Gasteiger partial charge in [-0.05, 0) is 97.2 Å². The van der Waals surface area contributed by atoms with Crippen molar-refractivity contribution in [3.8, 4) is 135 Å². The Morgan fingerprint density at radius 1 is 0.331 bits per heavy atom. The molecule has 0 unspecified atom stereocenters. The summed E-state index contributed by atoms with van der Waals surface area (Å²) >= 11 is 0. The van der Waals surface area contributed by atoms with E-state index in [1.165, 1.54) is 0 Å². The van der Waals surface area contributed by atoms with Crippen LogP contribution >= 0.6 is 0 Å². The standard InChI is InChI=1S/2C23H25N7O.2C22H23N7O2/c1-29-13-17(10-25-29)15-5-3-6-16(9-15)22-24-12-19(18-11-26-30(2)14-18)23(28-22)27-20-7-4-8-21(20)31;1-29-10-9-19(28-29)18-13-24-22(27-23(18)26-20-7-4-8-21(20)31)16-6-3-5-15(11-16)17-12-25-30(2)14-17;1-28-10-17(7-24-28)15-4-3-5-16(6-15)20-23-9-19(18-8-25-29(2)11-18)21(26-20)27-22(12-30)13-31-14-22;1-28-7-6-19(27-28)18-10-23-20(25-21(18)26-22(12-30)13-31-14-22)16-5-3-4-15(8-16)17-9-24-29(2)11-17/h3,5-6,9-14,20-21,31H,4,7-8H2,1-2H3,(H,24,27,28);3,5-6,9-14,20-21,31H,4,7-8H2,1-2H3,(H,24,26,27);3-11,30H,12-14H2,1-2H3,(H,23,26,27);3-11,30H,12-14H2,1-2H3,(H,23,25,26)/t2*20-,21-;;/m00../s1. The molecular formula is C90H96N28O6. The summed E-state index contributed by atoms with van der Waals surface area (Å²) in [6.07, 6.45) is 38.4. The molecule has 8 N–H and O–H groups in total. The maximum atomic E-state index is 10.3. The van der Waals surface area contributed by atoms with E-state index in [4.69, 9.17) is 29.4 Å². The number of hydrogen-bond donors (Lipinski definition) is 8. The van der Waals surface area contributed by atoms with Gasteiger partial charge in [0.05, 0.1) is 124 Å². The zero-order valence-electron chi connectivity index (χ0n) is 69.9. The van der Waals surface area contributed by atoms with Crippen molar-refractivity contribution in [3.63, 3.8) is 0 Å². The van der Waals surface area contributed by atoms with E-state index in [1.54, 1.807) is 62.2 Å². The third kappa shape index (κ3) is 18.5. The van der Waals surface area contributed by atoms with Crippen LogP contribution in [0.5, 0.6) is 0 Å². The first kappa shape index (κ1) is 82.2. The SMILES string of the molecule is Cn1cc(-c2cccc(-c3ncc(-c4ccn(C)n4)c(NC4(CO)COC4)n3)c2)cn1.Cn1cc(-c2cccc(-c3ncc(-c4ccn(C)n4)c(N[C@H]4CCC[C@@H]4O)n3)c2)cn1.Cn1cc(-c2cccc(-c3ncc(-c4cnn(C)c4)c(NC4(CO)COC4)n3)c2)cn1.Cn1cc(-c2cccc(-c3ncc(-c4cnn(C)c4)c(N[C@H]4CCC[C@@H]4O)n3)c2)cn1. The van der Waals surface area contributed by atoms with E-state index in [1.807, 2.05) is 228 Å². The molecule has 2 aliphatic carbocycles. The van der Waals surface area contributed by atoms with Gasteiger partial charge in [-0.3, -0.25) is 37.5 Å². The van der Waals surface area contributed by atoms with Crippen molar-refractivity contribution in [2.75, 3.05) is 60.9 Å². The summed E-state index contributed by atoms with van der Waals surface area (Å²) < 4.78 is 24.8. The molecule has 632 valence electrons. The maximum absolute atomic E-state index is 10.3. The molecule has 20 rings (SSSR count). The number of ether oxygens (including phenoxy) is 2. The largest absolute Gasteiger partial charge is 0.394 e. The molecule has 14 heterocycles. The monoisotopic (exact) mass is 1660 g/mol. The molecule has 4 aromatic carbocycles. The number of nitrogens with zero attached hydrogens (tertiary/aromatic N) is 24. The summed E-state index contributed by atoms with van der Waals surface area (Å²) in [4.78, 5) is 38.0. The summed E-state index contributed by atoms with van der Waals surface area (Å²) in [6.45, 7) is 1.58. The number of aliphatic hydroxyl groups is 4. The number of anilines is 4. The van der Waals surface area contributed by atoms with Gasteiger partial charge in [0.2, 0.25) is 0 Å². The van der Waals surface area contributed by atoms with E-state index in [2.05, 4.69) is 106 Å². The Morgan fingerprint density at radius 2 is 0.613 bits per heavy atom. The van der Waals surface area contributed by atoms with Crippen LogP contribution in [0.2, 0.25) is 0 Å². The fourth-order valence-corrected chi connectivity index (χ4v) is 15.3. The van der Waals surface area contributed by atoms with Crippen LogP contribution < -0.4 is 21.3 Å². The molecule has 34 heteroatoms. The molecule has 0 radical (unpaired) electrons. The van der Waals surface area contributed by atoms with Crippen molar-refractivity contribution < 1.29 is 29.9 Å². The van der Waals surface area contributed by atoms with Crippen LogP contribution in [-0.4, -0.2) is 214 Å². The second-order valence-corrected chi connectivity index (χ2v) is 31.9. The van der Waals surface area contributed by atoms with Crippen LogP contribution in [0.1, 0.15) is 38.5 Å². The minimum atomic E-state index is -0.549. The zero-order chi connectivity index (χ0) is 85.6. The molecule has 4 aliphatic rings. The van der Waals surface area contributed by atoms with Gasteiger partial charge in [-0.1, -0.05) is 72.8 Å². The third-order valence-electron chi connectivity index (χ3n) is 22.3. The first-order valence-corrected chi connectivity index (χ1v) is 40.9. The molecule has 4 atom stereocenters. The van der Waals surface area contributed by atoms with Crippen molar-refractivity contribution in [1.82, 2.24) is 118 Å². The minimum absolute atomic E-state index is 0.0140. The van der Waals surface area contributed by atoms with Crippen molar-refractivity contribution in [3.05, 3.63) is 221 Å². The lowest BCUT2D eigenvalue weighted by Crippen LogP contribution is -2.58. The zero-order valence-corrected chi connectivity index (χ0v) is 69.9. The summed E-state index contributed by atoms with van der Waals surface area (Å²) in [7, 11) is 15.1. The van der Waals surface area contributed by atoms with Gasteiger partial charge >= 0.3 is 0 Å². The second-order valence-electron chi connectivity index (χ2n) is 31.9. The van der Waals surface area contributed by atoms with Gasteiger partial charge in [-0.25, -0.2) is 39.9 Å². The summed E-state index contributed by atoms with van der Waals surface area (Å²) in [5, 5.41) is 88.8. The van der Waals surface area contributed by atoms with E-state index >= 15 is 0 Å². The number of rotatable bonds is 22. The number of aromatic nitrogens is 24. The number of benzene rings is 4. The van der Waals surface area contributed by atoms with E-state index in [0.717, 1.165) is 156 Å². The highest BCUT2D eigenvalue weighted by atomic mass is 16.5. The number of aliphatic hydroxyl groups excluding tert-OH is 4. The normalized spacial score (nSPS) is 16.7. The van der Waals surface area contributed by atoms with Crippen LogP contribution in [0.4, 0.5) is 23.3 Å². The summed E-state index contributed by atoms with van der Waals surface area (Å²) in [6, 6.07) is 36.2. The van der Waals surface area contributed by atoms with Gasteiger partial charge in [-0.2, -0.15) is 40.8 Å². The lowest BCUT2D eigenvalue weighted by molar-refractivity contribution is -0.0652. The molecule has 12 aromatic heterocycles. The highest BCUT2D eigenvalue weighted by Gasteiger charge is 2.41. The Labute approximate surface area is 714 Å². The molecule has 0 spiro atoms. The average molecular weight is 1670 g/mol. The van der Waals surface area contributed by atoms with Gasteiger partial charge in [0.25, 0.3) is 0 Å². The van der Waals surface area contributed by atoms with Crippen LogP contribution in [-0.2, 0) is 65.9 Å². The molecule has 124 heavy (non-hydrogen) atoms. The fraction of sp³-hybridized carbons (Fsp3) is 0.289. The Balaban J connectivity index is 0.000000117. The van der Waals surface area contributed by atoms with Crippen molar-refractivity contribution in [1.29, 1.82) is 0 Å². The Hall–Kier alpha value is -14.2. The molecule has 4 fully saturated rings. The van der Waals surface area contributed by atoms with Gasteiger partial charge in [0.15, 0.2) is 23.3 Å². The molecule has 0 bridgehead atoms. The van der Waals surface area contributed by atoms with Crippen LogP contribution in [0.25, 0.3) is 135 Å². The molecule has 0 amide bonds. The fourth-order valence-electron chi connectivity index (χ4n) is 15.3. The molecule has 2 saturated carbocycles. The van der Waals surface area contributed by atoms with Gasteiger partial charge in [-0.15, -0.1) is 0 Å². The highest BCUT2D eigenvalue weighted by molar-refractivity contribution is 5.81. The van der Waals surface area contributed by atoms with E-state index < -0.39 is 11.1 Å². The van der Waals surface area contributed by atoms with Crippen LogP contribution in [0, 0.1) is 0 Å². The molecular weight excluding hydrogens is 1570 g/mol. The minimum Gasteiger partial charge on any atom is -0.394 e. The Bertz CT molecular complexity index is 6010. The van der Waals surface area contributed by atoms with Gasteiger partial charge < -0.3 is 51.2 Å². The van der Waals surface area contributed by atoms with Gasteiger partial charge in [0, 0.05) is 198 Å². The first-order chi connectivity index (χ1) is 60.2. The van der Waals surface area contributed by atoms with Crippen molar-refractivity contribution in [2.45, 2.75) is 73.9 Å². The van der Waals surface area contributed by atoms with Crippen molar-refractivity contribution in [2.24, 2.45) is 56.4 Å². The highest BCUT2D eigenvalue weighted by Crippen LogP contribution is 2.39. The molecule has 16 aromatic rings. The molecule has 34 nitrogen and oxygen atoms in total. The molecule has 2 saturated heterocycles.